The summed E-state index contributed by atoms with van der Waals surface area (Å²) < 4.78 is 25.5. The normalized spacial score (nSPS) is 21.1. The van der Waals surface area contributed by atoms with Crippen molar-refractivity contribution in [3.63, 3.8) is 0 Å². The van der Waals surface area contributed by atoms with Gasteiger partial charge in [0.2, 0.25) is 10.0 Å². The highest BCUT2D eigenvalue weighted by Crippen LogP contribution is 2.26. The van der Waals surface area contributed by atoms with Crippen molar-refractivity contribution in [1.82, 2.24) is 9.29 Å². The van der Waals surface area contributed by atoms with Gasteiger partial charge in [0.25, 0.3) is 0 Å². The first-order valence-electron chi connectivity index (χ1n) is 5.28. The molecule has 0 radical (unpaired) electrons. The maximum absolute atomic E-state index is 12.3. The second-order valence-corrected chi connectivity index (χ2v) is 6.28. The van der Waals surface area contributed by atoms with E-state index in [9.17, 15) is 13.2 Å². The lowest BCUT2D eigenvalue weighted by Gasteiger charge is -2.20. The van der Waals surface area contributed by atoms with Crippen molar-refractivity contribution in [3.05, 3.63) is 23.5 Å². The van der Waals surface area contributed by atoms with Crippen LogP contribution in [0, 0.1) is 0 Å². The van der Waals surface area contributed by atoms with Gasteiger partial charge in [-0.05, 0) is 18.9 Å². The van der Waals surface area contributed by atoms with Gasteiger partial charge >= 0.3 is 5.97 Å². The zero-order valence-electron chi connectivity index (χ0n) is 9.28. The molecular formula is C10H11ClN2O4S. The van der Waals surface area contributed by atoms with Crippen LogP contribution in [0.3, 0.4) is 0 Å². The van der Waals surface area contributed by atoms with Crippen molar-refractivity contribution in [3.8, 4) is 0 Å². The Labute approximate surface area is 109 Å². The molecule has 8 heteroatoms. The number of rotatable bonds is 3. The quantitative estimate of drug-likeness (QED) is 0.896. The van der Waals surface area contributed by atoms with E-state index in [2.05, 4.69) is 4.98 Å². The summed E-state index contributed by atoms with van der Waals surface area (Å²) in [5.41, 5.74) is 0. The summed E-state index contributed by atoms with van der Waals surface area (Å²) in [7, 11) is -3.85. The Bertz CT molecular complexity index is 575. The Balaban J connectivity index is 2.40. The van der Waals surface area contributed by atoms with E-state index in [0.717, 1.165) is 4.31 Å². The smallest absolute Gasteiger partial charge is 0.322 e. The summed E-state index contributed by atoms with van der Waals surface area (Å²) in [5.74, 6) is -1.13. The molecule has 0 bridgehead atoms. The van der Waals surface area contributed by atoms with E-state index < -0.39 is 22.0 Å². The van der Waals surface area contributed by atoms with Gasteiger partial charge in [0.05, 0.1) is 5.02 Å². The van der Waals surface area contributed by atoms with E-state index in [-0.39, 0.29) is 16.5 Å². The third-order valence-electron chi connectivity index (χ3n) is 2.78. The molecule has 0 spiro atoms. The first-order valence-corrected chi connectivity index (χ1v) is 7.10. The summed E-state index contributed by atoms with van der Waals surface area (Å²) in [5, 5.41) is 9.20. The van der Waals surface area contributed by atoms with Crippen molar-refractivity contribution in [2.24, 2.45) is 0 Å². The molecule has 0 unspecified atom stereocenters. The fourth-order valence-electron chi connectivity index (χ4n) is 1.94. The SMILES string of the molecule is O=C(O)[C@@H]1CCCN1S(=O)(=O)c1cncc(Cl)c1. The number of carboxylic acid groups (broad SMARTS) is 1. The topological polar surface area (TPSA) is 87.6 Å². The number of nitrogens with zero attached hydrogens (tertiary/aromatic N) is 2. The Kier molecular flexibility index (Phi) is 3.56. The molecule has 1 fully saturated rings. The van der Waals surface area contributed by atoms with Crippen LogP contribution < -0.4 is 0 Å². The number of aromatic nitrogens is 1. The van der Waals surface area contributed by atoms with Gasteiger partial charge in [-0.2, -0.15) is 4.31 Å². The largest absolute Gasteiger partial charge is 0.480 e. The van der Waals surface area contributed by atoms with E-state index in [0.29, 0.717) is 12.8 Å². The maximum atomic E-state index is 12.3. The molecule has 1 atom stereocenters. The van der Waals surface area contributed by atoms with Crippen LogP contribution in [0.2, 0.25) is 5.02 Å². The van der Waals surface area contributed by atoms with Crippen LogP contribution >= 0.6 is 11.6 Å². The van der Waals surface area contributed by atoms with Crippen LogP contribution in [0.15, 0.2) is 23.4 Å². The lowest BCUT2D eigenvalue weighted by molar-refractivity contribution is -0.140. The lowest BCUT2D eigenvalue weighted by atomic mass is 10.2. The molecule has 2 heterocycles. The minimum Gasteiger partial charge on any atom is -0.480 e. The molecular weight excluding hydrogens is 280 g/mol. The number of halogens is 1. The molecule has 2 rings (SSSR count). The van der Waals surface area contributed by atoms with E-state index >= 15 is 0 Å². The number of pyridine rings is 1. The number of hydrogen-bond acceptors (Lipinski definition) is 4. The Morgan fingerprint density at radius 3 is 2.83 bits per heavy atom. The number of carbonyl (C=O) groups is 1. The first-order chi connectivity index (χ1) is 8.43. The van der Waals surface area contributed by atoms with Gasteiger partial charge in [0, 0.05) is 18.9 Å². The van der Waals surface area contributed by atoms with Crippen LogP contribution in [-0.2, 0) is 14.8 Å². The fourth-order valence-corrected chi connectivity index (χ4v) is 3.82. The molecule has 1 N–H and O–H groups in total. The predicted molar refractivity (Wildman–Crippen MR) is 63.8 cm³/mol. The van der Waals surface area contributed by atoms with Gasteiger partial charge < -0.3 is 5.11 Å². The molecule has 1 aromatic heterocycles. The van der Waals surface area contributed by atoms with Crippen molar-refractivity contribution in [2.75, 3.05) is 6.54 Å². The van der Waals surface area contributed by atoms with Crippen LogP contribution in [0.1, 0.15) is 12.8 Å². The summed E-state index contributed by atoms with van der Waals surface area (Å²) in [6, 6.07) is 0.259. The van der Waals surface area contributed by atoms with Crippen molar-refractivity contribution < 1.29 is 18.3 Å². The van der Waals surface area contributed by atoms with Gasteiger partial charge in [-0.3, -0.25) is 9.78 Å². The average molecular weight is 291 g/mol. The molecule has 1 saturated heterocycles. The molecule has 0 aliphatic carbocycles. The summed E-state index contributed by atoms with van der Waals surface area (Å²) in [4.78, 5) is 14.6. The number of aliphatic carboxylic acids is 1. The zero-order chi connectivity index (χ0) is 13.3. The Hall–Kier alpha value is -1.18. The zero-order valence-corrected chi connectivity index (χ0v) is 10.9. The molecule has 0 saturated carbocycles. The second-order valence-electron chi connectivity index (χ2n) is 3.95. The molecule has 6 nitrogen and oxygen atoms in total. The Morgan fingerprint density at radius 2 is 2.22 bits per heavy atom. The van der Waals surface area contributed by atoms with Crippen LogP contribution in [0.25, 0.3) is 0 Å². The van der Waals surface area contributed by atoms with E-state index in [4.69, 9.17) is 16.7 Å². The molecule has 98 valence electrons. The van der Waals surface area contributed by atoms with Gasteiger partial charge in [-0.1, -0.05) is 11.6 Å². The molecule has 0 aromatic carbocycles. The van der Waals surface area contributed by atoms with E-state index in [1.165, 1.54) is 18.5 Å². The minimum absolute atomic E-state index is 0.0804. The van der Waals surface area contributed by atoms with Gasteiger partial charge in [0.15, 0.2) is 0 Å². The van der Waals surface area contributed by atoms with Crippen LogP contribution in [-0.4, -0.2) is 41.4 Å². The Morgan fingerprint density at radius 1 is 1.50 bits per heavy atom. The number of carboxylic acids is 1. The highest BCUT2D eigenvalue weighted by Gasteiger charge is 2.39. The molecule has 1 aliphatic rings. The number of sulfonamides is 1. The predicted octanol–water partition coefficient (Wildman–Crippen LogP) is 0.973. The number of hydrogen-bond donors (Lipinski definition) is 1. The summed E-state index contributed by atoms with van der Waals surface area (Å²) in [6.07, 6.45) is 3.34. The highest BCUT2D eigenvalue weighted by molar-refractivity contribution is 7.89. The molecule has 1 aliphatic heterocycles. The third kappa shape index (κ3) is 2.33. The highest BCUT2D eigenvalue weighted by atomic mass is 35.5. The van der Waals surface area contributed by atoms with Crippen molar-refractivity contribution in [2.45, 2.75) is 23.8 Å². The van der Waals surface area contributed by atoms with Crippen molar-refractivity contribution >= 4 is 27.6 Å². The van der Waals surface area contributed by atoms with Gasteiger partial charge in [0.1, 0.15) is 10.9 Å². The monoisotopic (exact) mass is 290 g/mol. The van der Waals surface area contributed by atoms with Crippen LogP contribution in [0.5, 0.6) is 0 Å². The summed E-state index contributed by atoms with van der Waals surface area (Å²) >= 11 is 5.69. The average Bonchev–Trinajstić information content (AvgIpc) is 2.78. The molecule has 1 aromatic rings. The standard InChI is InChI=1S/C10H11ClN2O4S/c11-7-4-8(6-12-5-7)18(16,17)13-3-1-2-9(13)10(14)15/h4-6,9H,1-3H2,(H,14,15)/t9-/m0/s1. The first kappa shape index (κ1) is 13.3. The fraction of sp³-hybridized carbons (Fsp3) is 0.400. The van der Waals surface area contributed by atoms with Crippen molar-refractivity contribution in [1.29, 1.82) is 0 Å². The summed E-state index contributed by atoms with van der Waals surface area (Å²) in [6.45, 7) is 0.200. The van der Waals surface area contributed by atoms with E-state index in [1.54, 1.807) is 0 Å². The minimum atomic E-state index is -3.85. The second kappa shape index (κ2) is 4.83. The van der Waals surface area contributed by atoms with Crippen LogP contribution in [0.4, 0.5) is 0 Å². The van der Waals surface area contributed by atoms with E-state index in [1.807, 2.05) is 0 Å². The lowest BCUT2D eigenvalue weighted by Crippen LogP contribution is -2.40. The molecule has 0 amide bonds. The maximum Gasteiger partial charge on any atom is 0.322 e. The van der Waals surface area contributed by atoms with Gasteiger partial charge in [-0.15, -0.1) is 0 Å². The van der Waals surface area contributed by atoms with Gasteiger partial charge in [-0.25, -0.2) is 8.42 Å². The third-order valence-corrected chi connectivity index (χ3v) is 4.86. The molecule has 18 heavy (non-hydrogen) atoms.